The van der Waals surface area contributed by atoms with Gasteiger partial charge in [-0.1, -0.05) is 0 Å². The Kier molecular flexibility index (Phi) is 4.48. The zero-order valence-corrected chi connectivity index (χ0v) is 10.3. The molecule has 16 heavy (non-hydrogen) atoms. The summed E-state index contributed by atoms with van der Waals surface area (Å²) in [5.41, 5.74) is 0. The van der Waals surface area contributed by atoms with Crippen molar-refractivity contribution in [2.45, 2.75) is 0 Å². The fourth-order valence-corrected chi connectivity index (χ4v) is 1.57. The van der Waals surface area contributed by atoms with Crippen LogP contribution in [0.2, 0.25) is 0 Å². The third-order valence-electron chi connectivity index (χ3n) is 2.22. The summed E-state index contributed by atoms with van der Waals surface area (Å²) in [6.07, 6.45) is 0.772. The Balaban J connectivity index is 2.42. The largest absolute Gasteiger partial charge is 0.465 e. The molecule has 1 aliphatic rings. The average molecular weight is 244 g/mol. The Hall–Kier alpha value is -1.37. The maximum atomic E-state index is 10.7. The van der Waals surface area contributed by atoms with E-state index in [9.17, 15) is 4.79 Å². The van der Waals surface area contributed by atoms with Gasteiger partial charge in [0.1, 0.15) is 0 Å². The normalized spacial score (nSPS) is 16.6. The van der Waals surface area contributed by atoms with E-state index >= 15 is 0 Å². The molecule has 1 N–H and O–H groups in total. The number of nitrogens with zero attached hydrogens (tertiary/aromatic N) is 4. The molecule has 7 heteroatoms. The summed E-state index contributed by atoms with van der Waals surface area (Å²) >= 11 is 5.13. The molecule has 90 valence electrons. The van der Waals surface area contributed by atoms with Crippen LogP contribution in [0.1, 0.15) is 0 Å². The van der Waals surface area contributed by atoms with E-state index in [2.05, 4.69) is 4.99 Å². The number of thiocarbonyl (C=S) groups is 1. The first-order valence-corrected chi connectivity index (χ1v) is 5.39. The van der Waals surface area contributed by atoms with Gasteiger partial charge in [0.05, 0.1) is 6.34 Å². The average Bonchev–Trinajstić information content (AvgIpc) is 2.26. The Labute approximate surface area is 100 Å². The summed E-state index contributed by atoms with van der Waals surface area (Å²) in [6.45, 7) is 2.17. The molecule has 0 aromatic carbocycles. The van der Waals surface area contributed by atoms with Crippen molar-refractivity contribution in [3.8, 4) is 0 Å². The van der Waals surface area contributed by atoms with Gasteiger partial charge in [-0.05, 0) is 12.2 Å². The molecule has 0 aliphatic carbocycles. The lowest BCUT2D eigenvalue weighted by Crippen LogP contribution is -2.49. The van der Waals surface area contributed by atoms with E-state index in [1.807, 2.05) is 19.0 Å². The molecule has 0 spiro atoms. The van der Waals surface area contributed by atoms with Gasteiger partial charge < -0.3 is 19.8 Å². The standard InChI is InChI=1S/C9H16N4O2S/c1-11(2)7-10-8(16)12-3-5-13(6-4-12)9(14)15/h7H,3-6H2,1-2H3,(H,14,15). The van der Waals surface area contributed by atoms with Crippen molar-refractivity contribution in [3.63, 3.8) is 0 Å². The smallest absolute Gasteiger partial charge is 0.407 e. The minimum absolute atomic E-state index is 0.479. The third-order valence-corrected chi connectivity index (χ3v) is 2.58. The first-order chi connectivity index (χ1) is 7.50. The van der Waals surface area contributed by atoms with E-state index < -0.39 is 6.09 Å². The van der Waals surface area contributed by atoms with Gasteiger partial charge >= 0.3 is 6.09 Å². The van der Waals surface area contributed by atoms with E-state index in [1.165, 1.54) is 4.90 Å². The molecule has 1 saturated heterocycles. The number of hydrogen-bond donors (Lipinski definition) is 1. The topological polar surface area (TPSA) is 59.4 Å². The molecule has 0 aromatic rings. The number of hydrogen-bond acceptors (Lipinski definition) is 2. The van der Waals surface area contributed by atoms with Crippen LogP contribution >= 0.6 is 12.2 Å². The fourth-order valence-electron chi connectivity index (χ4n) is 1.34. The lowest BCUT2D eigenvalue weighted by Gasteiger charge is -2.33. The van der Waals surface area contributed by atoms with E-state index in [0.717, 1.165) is 0 Å². The Morgan fingerprint density at radius 3 is 2.25 bits per heavy atom. The zero-order valence-electron chi connectivity index (χ0n) is 9.46. The first-order valence-electron chi connectivity index (χ1n) is 4.98. The van der Waals surface area contributed by atoms with Crippen molar-refractivity contribution >= 4 is 29.8 Å². The van der Waals surface area contributed by atoms with Gasteiger partial charge in [0.2, 0.25) is 0 Å². The highest BCUT2D eigenvalue weighted by atomic mass is 32.1. The summed E-state index contributed by atoms with van der Waals surface area (Å²) in [5.74, 6) is 0. The molecule has 1 aliphatic heterocycles. The van der Waals surface area contributed by atoms with E-state index in [-0.39, 0.29) is 0 Å². The molecule has 0 atom stereocenters. The maximum Gasteiger partial charge on any atom is 0.407 e. The molecule has 1 rings (SSSR count). The van der Waals surface area contributed by atoms with E-state index in [0.29, 0.717) is 31.3 Å². The van der Waals surface area contributed by atoms with Crippen molar-refractivity contribution < 1.29 is 9.90 Å². The van der Waals surface area contributed by atoms with Crippen molar-refractivity contribution in [2.24, 2.45) is 4.99 Å². The van der Waals surface area contributed by atoms with Crippen LogP contribution in [-0.2, 0) is 0 Å². The molecule has 6 nitrogen and oxygen atoms in total. The zero-order chi connectivity index (χ0) is 12.1. The van der Waals surface area contributed by atoms with Crippen LogP contribution < -0.4 is 0 Å². The van der Waals surface area contributed by atoms with Crippen molar-refractivity contribution in [1.29, 1.82) is 0 Å². The van der Waals surface area contributed by atoms with Crippen molar-refractivity contribution in [2.75, 3.05) is 40.3 Å². The second-order valence-corrected chi connectivity index (χ2v) is 4.11. The van der Waals surface area contributed by atoms with E-state index in [4.69, 9.17) is 17.3 Å². The molecule has 1 amide bonds. The van der Waals surface area contributed by atoms with Gasteiger partial charge in [-0.15, -0.1) is 0 Å². The molecular weight excluding hydrogens is 228 g/mol. The summed E-state index contributed by atoms with van der Waals surface area (Å²) in [7, 11) is 3.74. The minimum Gasteiger partial charge on any atom is -0.465 e. The van der Waals surface area contributed by atoms with Crippen molar-refractivity contribution in [3.05, 3.63) is 0 Å². The SMILES string of the molecule is CN(C)C=NC(=S)N1CCN(C(=O)O)CC1. The van der Waals surface area contributed by atoms with Crippen LogP contribution in [0.4, 0.5) is 4.79 Å². The fraction of sp³-hybridized carbons (Fsp3) is 0.667. The first kappa shape index (κ1) is 12.7. The molecule has 0 unspecified atom stereocenters. The Morgan fingerprint density at radius 1 is 1.31 bits per heavy atom. The lowest BCUT2D eigenvalue weighted by atomic mass is 10.3. The van der Waals surface area contributed by atoms with Gasteiger partial charge in [0, 0.05) is 40.3 Å². The molecule has 0 radical (unpaired) electrons. The second kappa shape index (κ2) is 5.64. The quantitative estimate of drug-likeness (QED) is 0.404. The highest BCUT2D eigenvalue weighted by Gasteiger charge is 2.21. The minimum atomic E-state index is -0.873. The van der Waals surface area contributed by atoms with Gasteiger partial charge in [-0.2, -0.15) is 0 Å². The summed E-state index contributed by atoms with van der Waals surface area (Å²) in [6, 6.07) is 0. The summed E-state index contributed by atoms with van der Waals surface area (Å²) < 4.78 is 0. The second-order valence-electron chi connectivity index (χ2n) is 3.75. The summed E-state index contributed by atoms with van der Waals surface area (Å²) in [4.78, 5) is 19.9. The number of carboxylic acid groups (broad SMARTS) is 1. The molecular formula is C9H16N4O2S. The lowest BCUT2D eigenvalue weighted by molar-refractivity contribution is 0.124. The Bertz CT molecular complexity index is 298. The van der Waals surface area contributed by atoms with Crippen molar-refractivity contribution in [1.82, 2.24) is 14.7 Å². The Morgan fingerprint density at radius 2 is 1.81 bits per heavy atom. The highest BCUT2D eigenvalue weighted by molar-refractivity contribution is 7.80. The molecule has 1 heterocycles. The van der Waals surface area contributed by atoms with Gasteiger partial charge in [0.15, 0.2) is 5.11 Å². The van der Waals surface area contributed by atoms with Gasteiger partial charge in [-0.3, -0.25) is 0 Å². The molecule has 0 saturated carbocycles. The van der Waals surface area contributed by atoms with Crippen LogP contribution in [0.25, 0.3) is 0 Å². The number of carbonyl (C=O) groups is 1. The number of amides is 1. The van der Waals surface area contributed by atoms with Crippen LogP contribution in [0.3, 0.4) is 0 Å². The predicted molar refractivity (Wildman–Crippen MR) is 65.9 cm³/mol. The molecule has 1 fully saturated rings. The van der Waals surface area contributed by atoms with Crippen LogP contribution in [0.5, 0.6) is 0 Å². The number of aliphatic imine (C=N–C) groups is 1. The monoisotopic (exact) mass is 244 g/mol. The number of piperazine rings is 1. The van der Waals surface area contributed by atoms with Crippen LogP contribution in [0.15, 0.2) is 4.99 Å². The number of rotatable bonds is 1. The van der Waals surface area contributed by atoms with Gasteiger partial charge in [-0.25, -0.2) is 9.79 Å². The molecule has 0 aromatic heterocycles. The molecule has 0 bridgehead atoms. The summed E-state index contributed by atoms with van der Waals surface area (Å²) in [5, 5.41) is 9.29. The van der Waals surface area contributed by atoms with Gasteiger partial charge in [0.25, 0.3) is 0 Å². The predicted octanol–water partition coefficient (Wildman–Crippen LogP) is 0.157. The maximum absolute atomic E-state index is 10.7. The van der Waals surface area contributed by atoms with E-state index in [1.54, 1.807) is 11.2 Å². The highest BCUT2D eigenvalue weighted by Crippen LogP contribution is 2.03. The van der Waals surface area contributed by atoms with Crippen LogP contribution in [-0.4, -0.2) is 77.6 Å². The third kappa shape index (κ3) is 3.65. The van der Waals surface area contributed by atoms with Crippen LogP contribution in [0, 0.1) is 0 Å².